The monoisotopic (exact) mass is 398 g/mol. The quantitative estimate of drug-likeness (QED) is 0.804. The Hall–Kier alpha value is -3.22. The molecule has 7 nitrogen and oxygen atoms in total. The number of hydrogen-bond donors (Lipinski definition) is 1. The summed E-state index contributed by atoms with van der Waals surface area (Å²) in [5.41, 5.74) is 2.98. The van der Waals surface area contributed by atoms with Crippen LogP contribution in [0.25, 0.3) is 0 Å². The molecule has 2 amide bonds. The smallest absolute Gasteiger partial charge is 0.255 e. The van der Waals surface area contributed by atoms with Crippen LogP contribution in [0.1, 0.15) is 35.7 Å². The largest absolute Gasteiger partial charge is 0.493 e. The highest BCUT2D eigenvalue weighted by Gasteiger charge is 2.22. The van der Waals surface area contributed by atoms with Crippen LogP contribution in [0.3, 0.4) is 0 Å². The normalized spacial score (nSPS) is 12.8. The van der Waals surface area contributed by atoms with Crippen LogP contribution in [-0.4, -0.2) is 39.7 Å². The van der Waals surface area contributed by atoms with Gasteiger partial charge in [0.15, 0.2) is 11.5 Å². The van der Waals surface area contributed by atoms with E-state index in [1.807, 2.05) is 25.1 Å². The van der Waals surface area contributed by atoms with E-state index in [-0.39, 0.29) is 11.8 Å². The maximum absolute atomic E-state index is 12.8. The van der Waals surface area contributed by atoms with Gasteiger partial charge in [0.2, 0.25) is 11.7 Å². The molecule has 0 bridgehead atoms. The number of aryl methyl sites for hydroxylation is 1. The average Bonchev–Trinajstić information content (AvgIpc) is 2.76. The number of nitrogens with zero attached hydrogens (tertiary/aromatic N) is 1. The summed E-state index contributed by atoms with van der Waals surface area (Å²) in [5.74, 6) is 1.01. The summed E-state index contributed by atoms with van der Waals surface area (Å²) in [6, 6.07) is 8.88. The third-order valence-corrected chi connectivity index (χ3v) is 4.99. The molecule has 0 aromatic heterocycles. The van der Waals surface area contributed by atoms with Crippen molar-refractivity contribution in [3.8, 4) is 17.2 Å². The van der Waals surface area contributed by atoms with Crippen LogP contribution in [0, 0.1) is 0 Å². The Labute approximate surface area is 170 Å². The molecule has 2 aromatic rings. The molecule has 0 unspecified atom stereocenters. The lowest BCUT2D eigenvalue weighted by Gasteiger charge is -2.29. The fourth-order valence-electron chi connectivity index (χ4n) is 3.52. The van der Waals surface area contributed by atoms with Crippen LogP contribution in [0.4, 0.5) is 11.4 Å². The molecule has 1 aliphatic heterocycles. The van der Waals surface area contributed by atoms with Crippen molar-refractivity contribution in [2.24, 2.45) is 0 Å². The summed E-state index contributed by atoms with van der Waals surface area (Å²) in [7, 11) is 4.51. The summed E-state index contributed by atoms with van der Waals surface area (Å²) in [5, 5.41) is 2.90. The number of nitrogens with one attached hydrogen (secondary N) is 1. The zero-order valence-corrected chi connectivity index (χ0v) is 17.2. The number of carbonyl (C=O) groups is 2. The molecule has 7 heteroatoms. The van der Waals surface area contributed by atoms with Crippen LogP contribution in [-0.2, 0) is 11.2 Å². The summed E-state index contributed by atoms with van der Waals surface area (Å²) >= 11 is 0. The van der Waals surface area contributed by atoms with Crippen LogP contribution in [0.15, 0.2) is 30.3 Å². The van der Waals surface area contributed by atoms with Crippen LogP contribution in [0.2, 0.25) is 0 Å². The highest BCUT2D eigenvalue weighted by Crippen LogP contribution is 2.38. The number of benzene rings is 2. The third-order valence-electron chi connectivity index (χ3n) is 4.99. The topological polar surface area (TPSA) is 77.1 Å². The van der Waals surface area contributed by atoms with Gasteiger partial charge in [0, 0.05) is 29.9 Å². The van der Waals surface area contributed by atoms with Gasteiger partial charge >= 0.3 is 0 Å². The second-order valence-corrected chi connectivity index (χ2v) is 6.71. The summed E-state index contributed by atoms with van der Waals surface area (Å²) in [6.07, 6.45) is 2.31. The van der Waals surface area contributed by atoms with Crippen molar-refractivity contribution in [1.82, 2.24) is 0 Å². The molecule has 2 aromatic carbocycles. The van der Waals surface area contributed by atoms with Crippen molar-refractivity contribution in [1.29, 1.82) is 0 Å². The second kappa shape index (κ2) is 8.86. The van der Waals surface area contributed by atoms with Crippen molar-refractivity contribution in [3.05, 3.63) is 41.5 Å². The molecular formula is C22H26N2O5. The Kier molecular flexibility index (Phi) is 6.26. The molecule has 0 atom stereocenters. The van der Waals surface area contributed by atoms with Gasteiger partial charge in [0.05, 0.1) is 21.3 Å². The lowest BCUT2D eigenvalue weighted by molar-refractivity contribution is -0.118. The lowest BCUT2D eigenvalue weighted by atomic mass is 10.0. The number of anilines is 2. The first-order valence-corrected chi connectivity index (χ1v) is 9.57. The van der Waals surface area contributed by atoms with Gasteiger partial charge in [-0.25, -0.2) is 0 Å². The summed E-state index contributed by atoms with van der Waals surface area (Å²) in [6.45, 7) is 2.55. The molecule has 0 radical (unpaired) electrons. The summed E-state index contributed by atoms with van der Waals surface area (Å²) in [4.78, 5) is 26.9. The fourth-order valence-corrected chi connectivity index (χ4v) is 3.52. The first-order valence-electron chi connectivity index (χ1n) is 9.57. The molecule has 1 N–H and O–H groups in total. The summed E-state index contributed by atoms with van der Waals surface area (Å²) < 4.78 is 15.9. The zero-order valence-electron chi connectivity index (χ0n) is 17.2. The van der Waals surface area contributed by atoms with Gasteiger partial charge in [-0.1, -0.05) is 13.0 Å². The standard InChI is InChI=1S/C22H26N2O5/c1-5-20(25)24-10-6-7-14-8-9-16(13-17(14)24)23-22(26)15-11-18(27-2)21(29-4)19(12-15)28-3/h8-9,11-13H,5-7,10H2,1-4H3,(H,23,26). The van der Waals surface area contributed by atoms with Crippen molar-refractivity contribution in [3.63, 3.8) is 0 Å². The van der Waals surface area contributed by atoms with Gasteiger partial charge < -0.3 is 24.4 Å². The molecule has 0 saturated heterocycles. The molecule has 3 rings (SSSR count). The van der Waals surface area contributed by atoms with E-state index in [1.165, 1.54) is 21.3 Å². The molecule has 29 heavy (non-hydrogen) atoms. The number of rotatable bonds is 6. The number of fused-ring (bicyclic) bond motifs is 1. The van der Waals surface area contributed by atoms with E-state index < -0.39 is 0 Å². The van der Waals surface area contributed by atoms with E-state index in [4.69, 9.17) is 14.2 Å². The highest BCUT2D eigenvalue weighted by atomic mass is 16.5. The first kappa shape index (κ1) is 20.5. The van der Waals surface area contributed by atoms with E-state index in [2.05, 4.69) is 5.32 Å². The molecular weight excluding hydrogens is 372 g/mol. The Morgan fingerprint density at radius 3 is 2.31 bits per heavy atom. The number of carbonyl (C=O) groups excluding carboxylic acids is 2. The maximum Gasteiger partial charge on any atom is 0.255 e. The Morgan fingerprint density at radius 1 is 1.03 bits per heavy atom. The number of ether oxygens (including phenoxy) is 3. The highest BCUT2D eigenvalue weighted by molar-refractivity contribution is 6.05. The fraction of sp³-hybridized carbons (Fsp3) is 0.364. The van der Waals surface area contributed by atoms with Crippen LogP contribution >= 0.6 is 0 Å². The molecule has 1 aliphatic rings. The minimum absolute atomic E-state index is 0.0825. The van der Waals surface area contributed by atoms with E-state index in [1.54, 1.807) is 17.0 Å². The Bertz CT molecular complexity index is 900. The van der Waals surface area contributed by atoms with Gasteiger partial charge in [0.25, 0.3) is 5.91 Å². The van der Waals surface area contributed by atoms with Crippen molar-refractivity contribution in [2.45, 2.75) is 26.2 Å². The van der Waals surface area contributed by atoms with Crippen LogP contribution < -0.4 is 24.4 Å². The maximum atomic E-state index is 12.8. The van der Waals surface area contributed by atoms with Crippen LogP contribution in [0.5, 0.6) is 17.2 Å². The van der Waals surface area contributed by atoms with Gasteiger partial charge in [-0.05, 0) is 42.7 Å². The van der Waals surface area contributed by atoms with Crippen molar-refractivity contribution < 1.29 is 23.8 Å². The molecule has 0 aliphatic carbocycles. The van der Waals surface area contributed by atoms with Gasteiger partial charge in [0.1, 0.15) is 0 Å². The lowest BCUT2D eigenvalue weighted by Crippen LogP contribution is -2.35. The molecule has 0 spiro atoms. The molecule has 154 valence electrons. The first-order chi connectivity index (χ1) is 14.0. The minimum Gasteiger partial charge on any atom is -0.493 e. The van der Waals surface area contributed by atoms with Crippen molar-refractivity contribution >= 4 is 23.2 Å². The predicted molar refractivity (Wildman–Crippen MR) is 111 cm³/mol. The van der Waals surface area contributed by atoms with Gasteiger partial charge in [-0.3, -0.25) is 9.59 Å². The predicted octanol–water partition coefficient (Wildman–Crippen LogP) is 3.65. The third kappa shape index (κ3) is 4.13. The number of hydrogen-bond acceptors (Lipinski definition) is 5. The Morgan fingerprint density at radius 2 is 1.72 bits per heavy atom. The number of methoxy groups -OCH3 is 3. The average molecular weight is 398 g/mol. The van der Waals surface area contributed by atoms with E-state index in [0.29, 0.717) is 41.5 Å². The molecule has 0 saturated carbocycles. The molecule has 1 heterocycles. The van der Waals surface area contributed by atoms with E-state index >= 15 is 0 Å². The Balaban J connectivity index is 1.89. The van der Waals surface area contributed by atoms with Gasteiger partial charge in [-0.15, -0.1) is 0 Å². The second-order valence-electron chi connectivity index (χ2n) is 6.71. The minimum atomic E-state index is -0.312. The molecule has 0 fully saturated rings. The SMILES string of the molecule is CCC(=O)N1CCCc2ccc(NC(=O)c3cc(OC)c(OC)c(OC)c3)cc21. The number of amides is 2. The van der Waals surface area contributed by atoms with E-state index in [9.17, 15) is 9.59 Å². The van der Waals surface area contributed by atoms with Crippen molar-refractivity contribution in [2.75, 3.05) is 38.1 Å². The van der Waals surface area contributed by atoms with E-state index in [0.717, 1.165) is 24.1 Å². The van der Waals surface area contributed by atoms with Gasteiger partial charge in [-0.2, -0.15) is 0 Å². The zero-order chi connectivity index (χ0) is 21.0.